The van der Waals surface area contributed by atoms with E-state index in [4.69, 9.17) is 34.3 Å². The third kappa shape index (κ3) is 6.04. The molecule has 2 aromatic heterocycles. The van der Waals surface area contributed by atoms with Crippen molar-refractivity contribution in [2.45, 2.75) is 45.4 Å². The molecule has 1 amide bonds. The van der Waals surface area contributed by atoms with Crippen LogP contribution in [0, 0.1) is 6.92 Å². The number of hydrogen-bond donors (Lipinski definition) is 1. The van der Waals surface area contributed by atoms with Gasteiger partial charge in [0, 0.05) is 30.8 Å². The van der Waals surface area contributed by atoms with Gasteiger partial charge in [-0.1, -0.05) is 30.9 Å². The SMILES string of the molecule is COc1nc(N2CCC(N(C)C)CC2)nc(OC)c1-c1cc([Si](C)(C)C)cc(Oc2ccc(C(N)=O)o2)c1C. The van der Waals surface area contributed by atoms with Crippen LogP contribution < -0.4 is 30.0 Å². The van der Waals surface area contributed by atoms with Gasteiger partial charge in [0.15, 0.2) is 5.76 Å². The molecule has 210 valence electrons. The van der Waals surface area contributed by atoms with Gasteiger partial charge in [-0.2, -0.15) is 9.97 Å². The average Bonchev–Trinajstić information content (AvgIpc) is 3.37. The van der Waals surface area contributed by atoms with Crippen molar-refractivity contribution in [3.63, 3.8) is 0 Å². The van der Waals surface area contributed by atoms with Crippen molar-refractivity contribution in [3.8, 4) is 34.6 Å². The largest absolute Gasteiger partial charge is 0.480 e. The predicted molar refractivity (Wildman–Crippen MR) is 155 cm³/mol. The smallest absolute Gasteiger partial charge is 0.290 e. The van der Waals surface area contributed by atoms with Crippen molar-refractivity contribution >= 4 is 25.1 Å². The maximum atomic E-state index is 11.5. The van der Waals surface area contributed by atoms with Gasteiger partial charge in [0.2, 0.25) is 17.7 Å². The van der Waals surface area contributed by atoms with Crippen molar-refractivity contribution in [3.05, 3.63) is 35.6 Å². The zero-order valence-electron chi connectivity index (χ0n) is 24.1. The number of aromatic nitrogens is 2. The minimum absolute atomic E-state index is 0.0335. The van der Waals surface area contributed by atoms with Gasteiger partial charge in [-0.3, -0.25) is 4.79 Å². The van der Waals surface area contributed by atoms with E-state index in [0.717, 1.165) is 42.2 Å². The molecule has 11 heteroatoms. The summed E-state index contributed by atoms with van der Waals surface area (Å²) in [7, 11) is 5.65. The number of ether oxygens (including phenoxy) is 3. The van der Waals surface area contributed by atoms with E-state index >= 15 is 0 Å². The summed E-state index contributed by atoms with van der Waals surface area (Å²) < 4.78 is 23.3. The number of primary amides is 1. The van der Waals surface area contributed by atoms with Crippen LogP contribution in [0.2, 0.25) is 19.6 Å². The van der Waals surface area contributed by atoms with Gasteiger partial charge in [0.1, 0.15) is 11.3 Å². The maximum Gasteiger partial charge on any atom is 0.290 e. The highest BCUT2D eigenvalue weighted by atomic mass is 28.3. The number of carbonyl (C=O) groups excluding carboxylic acids is 1. The van der Waals surface area contributed by atoms with Gasteiger partial charge in [-0.25, -0.2) is 0 Å². The molecular formula is C28H39N5O5Si. The molecule has 0 radical (unpaired) electrons. The summed E-state index contributed by atoms with van der Waals surface area (Å²) in [5.41, 5.74) is 7.68. The number of benzene rings is 1. The van der Waals surface area contributed by atoms with E-state index in [1.54, 1.807) is 20.3 Å². The number of hydrogen-bond acceptors (Lipinski definition) is 9. The predicted octanol–water partition coefficient (Wildman–Crippen LogP) is 4.03. The third-order valence-electron chi connectivity index (χ3n) is 7.23. The quantitative estimate of drug-likeness (QED) is 0.392. The summed E-state index contributed by atoms with van der Waals surface area (Å²) in [5, 5.41) is 1.15. The molecule has 0 saturated carbocycles. The second-order valence-corrected chi connectivity index (χ2v) is 16.2. The van der Waals surface area contributed by atoms with Crippen molar-refractivity contribution in [1.82, 2.24) is 14.9 Å². The van der Waals surface area contributed by atoms with Crippen molar-refractivity contribution in [1.29, 1.82) is 0 Å². The fourth-order valence-electron chi connectivity index (χ4n) is 4.76. The summed E-state index contributed by atoms with van der Waals surface area (Å²) in [4.78, 5) is 25.6. The van der Waals surface area contributed by atoms with Gasteiger partial charge in [0.25, 0.3) is 11.9 Å². The Morgan fingerprint density at radius 3 is 2.18 bits per heavy atom. The Kier molecular flexibility index (Phi) is 8.22. The lowest BCUT2D eigenvalue weighted by Crippen LogP contribution is -2.42. The molecule has 1 aromatic carbocycles. The summed E-state index contributed by atoms with van der Waals surface area (Å²) >= 11 is 0. The molecule has 0 bridgehead atoms. The Hall–Kier alpha value is -3.57. The molecule has 1 saturated heterocycles. The summed E-state index contributed by atoms with van der Waals surface area (Å²) in [5.74, 6) is 1.60. The Bertz CT molecular complexity index is 1320. The molecule has 1 fully saturated rings. The number of furan rings is 1. The van der Waals surface area contributed by atoms with Crippen molar-refractivity contribution in [2.24, 2.45) is 5.73 Å². The van der Waals surface area contributed by atoms with Crippen LogP contribution in [-0.2, 0) is 0 Å². The van der Waals surface area contributed by atoms with E-state index in [9.17, 15) is 4.79 Å². The molecule has 0 atom stereocenters. The monoisotopic (exact) mass is 553 g/mol. The number of piperidine rings is 1. The van der Waals surface area contributed by atoms with Crippen LogP contribution >= 0.6 is 0 Å². The first-order valence-electron chi connectivity index (χ1n) is 13.1. The van der Waals surface area contributed by atoms with Gasteiger partial charge < -0.3 is 34.2 Å². The molecule has 0 spiro atoms. The lowest BCUT2D eigenvalue weighted by atomic mass is 10.0. The fraction of sp³-hybridized carbons (Fsp3) is 0.464. The highest BCUT2D eigenvalue weighted by Crippen LogP contribution is 2.42. The first-order chi connectivity index (χ1) is 18.4. The van der Waals surface area contributed by atoms with Gasteiger partial charge in [-0.15, -0.1) is 0 Å². The molecule has 3 aromatic rings. The number of nitrogens with two attached hydrogens (primary N) is 1. The van der Waals surface area contributed by atoms with E-state index < -0.39 is 14.0 Å². The standard InChI is InChI=1S/C28H39N5O5Si/c1-17-20(15-19(39(6,7)8)16-22(17)38-23-10-9-21(37-23)25(29)34)24-26(35-4)30-28(31-27(24)36-5)33-13-11-18(12-14-33)32(2)3/h9-10,15-16,18H,11-14H2,1-8H3,(H2,29,34). The first-order valence-corrected chi connectivity index (χ1v) is 16.6. The van der Waals surface area contributed by atoms with Crippen molar-refractivity contribution < 1.29 is 23.4 Å². The maximum absolute atomic E-state index is 11.5. The van der Waals surface area contributed by atoms with Crippen LogP contribution in [0.25, 0.3) is 11.1 Å². The minimum atomic E-state index is -1.81. The summed E-state index contributed by atoms with van der Waals surface area (Å²) in [6, 6.07) is 7.80. The molecule has 1 aliphatic heterocycles. The molecule has 4 rings (SSSR count). The number of rotatable bonds is 9. The van der Waals surface area contributed by atoms with E-state index in [1.807, 2.05) is 13.0 Å². The van der Waals surface area contributed by atoms with Crippen LogP contribution in [0.3, 0.4) is 0 Å². The lowest BCUT2D eigenvalue weighted by molar-refractivity contribution is 0.0969. The van der Waals surface area contributed by atoms with E-state index in [1.165, 1.54) is 6.07 Å². The van der Waals surface area contributed by atoms with Crippen LogP contribution in [0.15, 0.2) is 28.7 Å². The van der Waals surface area contributed by atoms with Gasteiger partial charge >= 0.3 is 0 Å². The Labute approximate surface area is 231 Å². The second kappa shape index (κ2) is 11.3. The number of amides is 1. The van der Waals surface area contributed by atoms with Crippen LogP contribution in [0.1, 0.15) is 29.0 Å². The number of nitrogens with zero attached hydrogens (tertiary/aromatic N) is 4. The van der Waals surface area contributed by atoms with E-state index in [0.29, 0.717) is 35.1 Å². The number of methoxy groups -OCH3 is 2. The first kappa shape index (κ1) is 28.4. The Morgan fingerprint density at radius 2 is 1.69 bits per heavy atom. The molecule has 3 heterocycles. The Morgan fingerprint density at radius 1 is 1.08 bits per heavy atom. The molecule has 1 aliphatic rings. The minimum Gasteiger partial charge on any atom is -0.480 e. The normalized spacial score (nSPS) is 14.5. The van der Waals surface area contributed by atoms with Gasteiger partial charge in [0.05, 0.1) is 22.3 Å². The number of carbonyl (C=O) groups is 1. The highest BCUT2D eigenvalue weighted by molar-refractivity contribution is 6.88. The molecule has 39 heavy (non-hydrogen) atoms. The van der Waals surface area contributed by atoms with E-state index in [-0.39, 0.29) is 11.7 Å². The molecule has 0 unspecified atom stereocenters. The second-order valence-electron chi connectivity index (χ2n) is 11.1. The van der Waals surface area contributed by atoms with Gasteiger partial charge in [-0.05, 0) is 51.6 Å². The van der Waals surface area contributed by atoms with Crippen LogP contribution in [0.4, 0.5) is 5.95 Å². The summed E-state index contributed by atoms with van der Waals surface area (Å²) in [6.45, 7) is 10.4. The van der Waals surface area contributed by atoms with Crippen LogP contribution in [-0.4, -0.2) is 76.3 Å². The molecule has 2 N–H and O–H groups in total. The summed E-state index contributed by atoms with van der Waals surface area (Å²) in [6.07, 6.45) is 2.07. The van der Waals surface area contributed by atoms with E-state index in [2.05, 4.69) is 49.6 Å². The highest BCUT2D eigenvalue weighted by Gasteiger charge is 2.29. The fourth-order valence-corrected chi connectivity index (χ4v) is 5.90. The topological polar surface area (TPSA) is 116 Å². The number of anilines is 1. The lowest BCUT2D eigenvalue weighted by Gasteiger charge is -2.35. The zero-order valence-corrected chi connectivity index (χ0v) is 25.1. The zero-order chi connectivity index (χ0) is 28.5. The average molecular weight is 554 g/mol. The van der Waals surface area contributed by atoms with Crippen molar-refractivity contribution in [2.75, 3.05) is 46.3 Å². The molecule has 0 aliphatic carbocycles. The van der Waals surface area contributed by atoms with Crippen LogP contribution in [0.5, 0.6) is 23.5 Å². The molecular weight excluding hydrogens is 514 g/mol. The molecule has 10 nitrogen and oxygen atoms in total. The third-order valence-corrected chi connectivity index (χ3v) is 9.25. The Balaban J connectivity index is 1.80.